The molecule has 5 rings (SSSR count). The van der Waals surface area contributed by atoms with Crippen molar-refractivity contribution < 1.29 is 0 Å². The van der Waals surface area contributed by atoms with Gasteiger partial charge in [-0.15, -0.1) is 0 Å². The van der Waals surface area contributed by atoms with E-state index in [0.29, 0.717) is 0 Å². The van der Waals surface area contributed by atoms with Gasteiger partial charge in [0.1, 0.15) is 0 Å². The molecule has 1 aliphatic rings. The maximum Gasteiger partial charge on any atom is 0.0713 e. The van der Waals surface area contributed by atoms with Crippen LogP contribution in [0, 0.1) is 13.8 Å². The van der Waals surface area contributed by atoms with Gasteiger partial charge in [-0.25, -0.2) is 0 Å². The van der Waals surface area contributed by atoms with E-state index in [1.807, 2.05) is 12.1 Å². The van der Waals surface area contributed by atoms with Gasteiger partial charge in [0.25, 0.3) is 0 Å². The summed E-state index contributed by atoms with van der Waals surface area (Å²) < 4.78 is 0. The molecule has 142 valence electrons. The van der Waals surface area contributed by atoms with Gasteiger partial charge in [-0.3, -0.25) is 0 Å². The topological polar surface area (TPSA) is 0 Å². The fourth-order valence-corrected chi connectivity index (χ4v) is 5.01. The lowest BCUT2D eigenvalue weighted by Crippen LogP contribution is -2.28. The third kappa shape index (κ3) is 2.60. The molecule has 0 bridgehead atoms. The van der Waals surface area contributed by atoms with Crippen LogP contribution in [0.2, 0.25) is 10.0 Å². The second kappa shape index (κ2) is 6.76. The van der Waals surface area contributed by atoms with Crippen molar-refractivity contribution in [3.05, 3.63) is 128 Å². The second-order valence-electron chi connectivity index (χ2n) is 7.77. The third-order valence-electron chi connectivity index (χ3n) is 6.13. The van der Waals surface area contributed by atoms with Crippen molar-refractivity contribution in [1.29, 1.82) is 0 Å². The van der Waals surface area contributed by atoms with Gasteiger partial charge in [-0.2, -0.15) is 0 Å². The minimum absolute atomic E-state index is 0.405. The Balaban J connectivity index is 1.97. The molecule has 0 atom stereocenters. The standard InChI is InChI=1S/C27H20Cl2/c1-17-15-19(11-13-25(17)28)27(20-12-14-26(29)18(2)16-20)23-9-5-3-7-21(23)22-8-4-6-10-24(22)27/h3-16H,1-2H3. The van der Waals surface area contributed by atoms with Crippen LogP contribution in [0.25, 0.3) is 11.1 Å². The van der Waals surface area contributed by atoms with Gasteiger partial charge in [0.2, 0.25) is 0 Å². The van der Waals surface area contributed by atoms with Crippen LogP contribution >= 0.6 is 23.2 Å². The van der Waals surface area contributed by atoms with Crippen LogP contribution in [-0.4, -0.2) is 0 Å². The molecule has 0 saturated carbocycles. The Morgan fingerprint density at radius 1 is 0.552 bits per heavy atom. The van der Waals surface area contributed by atoms with Crippen LogP contribution < -0.4 is 0 Å². The van der Waals surface area contributed by atoms with E-state index >= 15 is 0 Å². The first-order valence-electron chi connectivity index (χ1n) is 9.76. The summed E-state index contributed by atoms with van der Waals surface area (Å²) in [6, 6.07) is 30.3. The molecule has 0 fully saturated rings. The number of hydrogen-bond acceptors (Lipinski definition) is 0. The monoisotopic (exact) mass is 414 g/mol. The molecular formula is C27H20Cl2. The predicted octanol–water partition coefficient (Wildman–Crippen LogP) is 7.97. The van der Waals surface area contributed by atoms with E-state index in [1.165, 1.54) is 33.4 Å². The molecule has 0 amide bonds. The smallest absolute Gasteiger partial charge is 0.0713 e. The molecule has 0 nitrogen and oxygen atoms in total. The highest BCUT2D eigenvalue weighted by Crippen LogP contribution is 2.56. The first-order valence-corrected chi connectivity index (χ1v) is 10.5. The zero-order valence-corrected chi connectivity index (χ0v) is 17.9. The van der Waals surface area contributed by atoms with E-state index in [9.17, 15) is 0 Å². The van der Waals surface area contributed by atoms with Crippen molar-refractivity contribution >= 4 is 23.2 Å². The molecule has 0 radical (unpaired) electrons. The Morgan fingerprint density at radius 2 is 0.966 bits per heavy atom. The third-order valence-corrected chi connectivity index (χ3v) is 6.98. The molecule has 0 saturated heterocycles. The van der Waals surface area contributed by atoms with Crippen LogP contribution in [0.4, 0.5) is 0 Å². The summed E-state index contributed by atoms with van der Waals surface area (Å²) in [5.74, 6) is 0. The number of fused-ring (bicyclic) bond motifs is 3. The van der Waals surface area contributed by atoms with Crippen molar-refractivity contribution in [3.8, 4) is 11.1 Å². The summed E-state index contributed by atoms with van der Waals surface area (Å²) in [7, 11) is 0. The first-order chi connectivity index (χ1) is 14.0. The molecule has 0 aromatic heterocycles. The number of hydrogen-bond donors (Lipinski definition) is 0. The van der Waals surface area contributed by atoms with E-state index in [-0.39, 0.29) is 0 Å². The quantitative estimate of drug-likeness (QED) is 0.274. The molecule has 0 heterocycles. The zero-order valence-electron chi connectivity index (χ0n) is 16.3. The largest absolute Gasteiger partial charge is 0.0841 e. The van der Waals surface area contributed by atoms with Gasteiger partial charge in [0.15, 0.2) is 0 Å². The van der Waals surface area contributed by atoms with E-state index in [1.54, 1.807) is 0 Å². The van der Waals surface area contributed by atoms with Gasteiger partial charge in [-0.05, 0) is 70.5 Å². The molecule has 2 heteroatoms. The van der Waals surface area contributed by atoms with E-state index in [4.69, 9.17) is 23.2 Å². The summed E-state index contributed by atoms with van der Waals surface area (Å²) in [5.41, 5.74) is 9.35. The second-order valence-corrected chi connectivity index (χ2v) is 8.58. The van der Waals surface area contributed by atoms with Crippen LogP contribution in [0.1, 0.15) is 33.4 Å². The Bertz CT molecular complexity index is 1150. The molecule has 1 aliphatic carbocycles. The van der Waals surface area contributed by atoms with Crippen molar-refractivity contribution in [2.24, 2.45) is 0 Å². The molecule has 0 spiro atoms. The van der Waals surface area contributed by atoms with Crippen molar-refractivity contribution in [3.63, 3.8) is 0 Å². The van der Waals surface area contributed by atoms with Gasteiger partial charge in [-0.1, -0.05) is 96.0 Å². The zero-order chi connectivity index (χ0) is 20.2. The SMILES string of the molecule is Cc1cc(C2(c3ccc(Cl)c(C)c3)c3ccccc3-c3ccccc32)ccc1Cl. The maximum atomic E-state index is 6.41. The highest BCUT2D eigenvalue weighted by Gasteiger charge is 2.46. The van der Waals surface area contributed by atoms with Gasteiger partial charge >= 0.3 is 0 Å². The van der Waals surface area contributed by atoms with E-state index in [0.717, 1.165) is 21.2 Å². The lowest BCUT2D eigenvalue weighted by molar-refractivity contribution is 0.766. The normalized spacial score (nSPS) is 13.8. The molecular weight excluding hydrogens is 395 g/mol. The summed E-state index contributed by atoms with van der Waals surface area (Å²) in [4.78, 5) is 0. The molecule has 0 unspecified atom stereocenters. The molecule has 29 heavy (non-hydrogen) atoms. The Kier molecular flexibility index (Phi) is 4.31. The minimum Gasteiger partial charge on any atom is -0.0841 e. The molecule has 4 aromatic carbocycles. The van der Waals surface area contributed by atoms with Crippen LogP contribution in [0.15, 0.2) is 84.9 Å². The maximum absolute atomic E-state index is 6.41. The van der Waals surface area contributed by atoms with Crippen LogP contribution in [-0.2, 0) is 5.41 Å². The van der Waals surface area contributed by atoms with Crippen LogP contribution in [0.5, 0.6) is 0 Å². The fourth-order valence-electron chi connectivity index (χ4n) is 4.78. The minimum atomic E-state index is -0.405. The summed E-state index contributed by atoms with van der Waals surface area (Å²) in [6.07, 6.45) is 0. The van der Waals surface area contributed by atoms with Crippen molar-refractivity contribution in [1.82, 2.24) is 0 Å². The number of aryl methyl sites for hydroxylation is 2. The first kappa shape index (κ1) is 18.5. The number of halogens is 2. The van der Waals surface area contributed by atoms with Gasteiger partial charge in [0, 0.05) is 10.0 Å². The average molecular weight is 415 g/mol. The number of rotatable bonds is 2. The number of benzene rings is 4. The average Bonchev–Trinajstić information content (AvgIpc) is 3.04. The molecule has 0 aliphatic heterocycles. The Hall–Kier alpha value is -2.54. The van der Waals surface area contributed by atoms with Crippen molar-refractivity contribution in [2.75, 3.05) is 0 Å². The van der Waals surface area contributed by atoms with E-state index in [2.05, 4.69) is 86.6 Å². The molecule has 0 N–H and O–H groups in total. The molecule has 4 aromatic rings. The fraction of sp³-hybridized carbons (Fsp3) is 0.111. The predicted molar refractivity (Wildman–Crippen MR) is 123 cm³/mol. The lowest BCUT2D eigenvalue weighted by Gasteiger charge is -2.34. The lowest BCUT2D eigenvalue weighted by atomic mass is 9.67. The highest BCUT2D eigenvalue weighted by atomic mass is 35.5. The van der Waals surface area contributed by atoms with Crippen molar-refractivity contribution in [2.45, 2.75) is 19.3 Å². The summed E-state index contributed by atoms with van der Waals surface area (Å²) in [6.45, 7) is 4.14. The Labute approximate surface area is 181 Å². The highest BCUT2D eigenvalue weighted by molar-refractivity contribution is 6.31. The Morgan fingerprint density at radius 3 is 1.38 bits per heavy atom. The van der Waals surface area contributed by atoms with E-state index < -0.39 is 5.41 Å². The summed E-state index contributed by atoms with van der Waals surface area (Å²) in [5, 5.41) is 1.58. The van der Waals surface area contributed by atoms with Crippen LogP contribution in [0.3, 0.4) is 0 Å². The summed E-state index contributed by atoms with van der Waals surface area (Å²) >= 11 is 12.8. The van der Waals surface area contributed by atoms with Gasteiger partial charge in [0.05, 0.1) is 5.41 Å². The van der Waals surface area contributed by atoms with Gasteiger partial charge < -0.3 is 0 Å².